The molecule has 2 aromatic carbocycles. The maximum absolute atomic E-state index is 12.5. The van der Waals surface area contributed by atoms with E-state index in [1.807, 2.05) is 57.2 Å². The van der Waals surface area contributed by atoms with Gasteiger partial charge in [0.25, 0.3) is 5.91 Å². The van der Waals surface area contributed by atoms with Crippen molar-refractivity contribution in [1.29, 1.82) is 0 Å². The van der Waals surface area contributed by atoms with Crippen LogP contribution < -0.4 is 11.1 Å². The number of benzene rings is 2. The van der Waals surface area contributed by atoms with Gasteiger partial charge >= 0.3 is 0 Å². The van der Waals surface area contributed by atoms with Gasteiger partial charge in [-0.15, -0.1) is 12.4 Å². The standard InChI is InChI=1S/C18H20N2O2.ClH/c1-11-13-9-8-12-6-4-5-7-14(12)16(13)22-15(11)17(21)20-18(2,3)10-19;/h4-9H,10,19H2,1-3H3,(H,20,21);1H. The van der Waals surface area contributed by atoms with Crippen molar-refractivity contribution >= 4 is 40.1 Å². The molecule has 1 heterocycles. The molecule has 3 rings (SSSR count). The molecule has 0 unspecified atom stereocenters. The monoisotopic (exact) mass is 332 g/mol. The second-order valence-electron chi connectivity index (χ2n) is 6.26. The normalized spacial score (nSPS) is 11.5. The summed E-state index contributed by atoms with van der Waals surface area (Å²) in [6.45, 7) is 6.04. The molecule has 3 aromatic rings. The second kappa shape index (κ2) is 6.22. The van der Waals surface area contributed by atoms with Crippen LogP contribution in [0.15, 0.2) is 40.8 Å². The van der Waals surface area contributed by atoms with E-state index in [0.29, 0.717) is 12.3 Å². The summed E-state index contributed by atoms with van der Waals surface area (Å²) in [5.41, 5.74) is 6.82. The number of amides is 1. The average Bonchev–Trinajstić information content (AvgIpc) is 2.85. The van der Waals surface area contributed by atoms with Crippen LogP contribution in [0.4, 0.5) is 0 Å². The molecular weight excluding hydrogens is 312 g/mol. The van der Waals surface area contributed by atoms with E-state index < -0.39 is 5.54 Å². The summed E-state index contributed by atoms with van der Waals surface area (Å²) in [5.74, 6) is 0.126. The fourth-order valence-corrected chi connectivity index (χ4v) is 2.58. The molecule has 0 aliphatic carbocycles. The van der Waals surface area contributed by atoms with E-state index in [1.165, 1.54) is 0 Å². The van der Waals surface area contributed by atoms with Crippen LogP contribution in [0.3, 0.4) is 0 Å². The number of hydrogen-bond acceptors (Lipinski definition) is 3. The molecule has 23 heavy (non-hydrogen) atoms. The summed E-state index contributed by atoms with van der Waals surface area (Å²) in [6, 6.07) is 12.0. The lowest BCUT2D eigenvalue weighted by Crippen LogP contribution is -2.48. The SMILES string of the molecule is Cc1c(C(=O)NC(C)(C)CN)oc2c1ccc1ccccc12.Cl. The van der Waals surface area contributed by atoms with Crippen molar-refractivity contribution in [3.05, 3.63) is 47.7 Å². The van der Waals surface area contributed by atoms with Crippen molar-refractivity contribution in [2.45, 2.75) is 26.3 Å². The molecule has 1 amide bonds. The third-order valence-corrected chi connectivity index (χ3v) is 4.00. The minimum Gasteiger partial charge on any atom is -0.450 e. The van der Waals surface area contributed by atoms with Gasteiger partial charge in [-0.3, -0.25) is 4.79 Å². The fourth-order valence-electron chi connectivity index (χ4n) is 2.58. The molecule has 5 heteroatoms. The van der Waals surface area contributed by atoms with Crippen molar-refractivity contribution in [3.8, 4) is 0 Å². The van der Waals surface area contributed by atoms with Crippen LogP contribution in [0.5, 0.6) is 0 Å². The van der Waals surface area contributed by atoms with E-state index in [-0.39, 0.29) is 18.3 Å². The maximum atomic E-state index is 12.5. The molecule has 1 aromatic heterocycles. The number of rotatable bonds is 3. The molecule has 3 N–H and O–H groups in total. The molecule has 0 saturated heterocycles. The number of hydrogen-bond donors (Lipinski definition) is 2. The van der Waals surface area contributed by atoms with E-state index in [1.54, 1.807) is 0 Å². The Bertz CT molecular complexity index is 868. The number of halogens is 1. The minimum absolute atomic E-state index is 0. The number of furan rings is 1. The van der Waals surface area contributed by atoms with Crippen LogP contribution in [-0.2, 0) is 0 Å². The summed E-state index contributed by atoms with van der Waals surface area (Å²) < 4.78 is 5.91. The lowest BCUT2D eigenvalue weighted by molar-refractivity contribution is 0.0888. The Morgan fingerprint density at radius 2 is 1.87 bits per heavy atom. The Kier molecular flexibility index (Phi) is 4.68. The predicted octanol–water partition coefficient (Wildman–Crippen LogP) is 3.78. The summed E-state index contributed by atoms with van der Waals surface area (Å²) in [5, 5.41) is 5.99. The molecule has 0 saturated carbocycles. The second-order valence-corrected chi connectivity index (χ2v) is 6.26. The smallest absolute Gasteiger partial charge is 0.287 e. The highest BCUT2D eigenvalue weighted by Gasteiger charge is 2.24. The molecule has 4 nitrogen and oxygen atoms in total. The first-order valence-electron chi connectivity index (χ1n) is 7.36. The van der Waals surface area contributed by atoms with Crippen molar-refractivity contribution in [1.82, 2.24) is 5.32 Å². The van der Waals surface area contributed by atoms with Crippen molar-refractivity contribution in [2.75, 3.05) is 6.54 Å². The van der Waals surface area contributed by atoms with E-state index in [9.17, 15) is 4.79 Å². The maximum Gasteiger partial charge on any atom is 0.287 e. The predicted molar refractivity (Wildman–Crippen MR) is 96.3 cm³/mol. The number of nitrogens with two attached hydrogens (primary N) is 1. The Morgan fingerprint density at radius 3 is 2.57 bits per heavy atom. The third kappa shape index (κ3) is 3.05. The van der Waals surface area contributed by atoms with Crippen molar-refractivity contribution in [3.63, 3.8) is 0 Å². The Morgan fingerprint density at radius 1 is 1.17 bits per heavy atom. The van der Waals surface area contributed by atoms with Gasteiger partial charge in [0.15, 0.2) is 5.76 Å². The van der Waals surface area contributed by atoms with E-state index >= 15 is 0 Å². The van der Waals surface area contributed by atoms with Gasteiger partial charge in [-0.2, -0.15) is 0 Å². The highest BCUT2D eigenvalue weighted by Crippen LogP contribution is 2.31. The van der Waals surface area contributed by atoms with Gasteiger partial charge in [0.05, 0.1) is 0 Å². The van der Waals surface area contributed by atoms with E-state index in [4.69, 9.17) is 10.2 Å². The number of nitrogens with one attached hydrogen (secondary N) is 1. The van der Waals surface area contributed by atoms with Gasteiger partial charge in [-0.1, -0.05) is 36.4 Å². The molecular formula is C18H21ClN2O2. The minimum atomic E-state index is -0.468. The Balaban J connectivity index is 0.00000192. The first kappa shape index (κ1) is 17.3. The van der Waals surface area contributed by atoms with Gasteiger partial charge < -0.3 is 15.5 Å². The molecule has 0 radical (unpaired) electrons. The average molecular weight is 333 g/mol. The topological polar surface area (TPSA) is 68.3 Å². The van der Waals surface area contributed by atoms with Gasteiger partial charge in [0.1, 0.15) is 5.58 Å². The zero-order valence-electron chi connectivity index (χ0n) is 13.5. The van der Waals surface area contributed by atoms with Crippen LogP contribution in [0.25, 0.3) is 21.7 Å². The van der Waals surface area contributed by atoms with Gasteiger partial charge in [0, 0.05) is 28.4 Å². The summed E-state index contributed by atoms with van der Waals surface area (Å²) in [4.78, 5) is 12.5. The number of carbonyl (C=O) groups excluding carboxylic acids is 1. The highest BCUT2D eigenvalue weighted by molar-refractivity contribution is 6.08. The van der Waals surface area contributed by atoms with Crippen LogP contribution in [0, 0.1) is 6.92 Å². The van der Waals surface area contributed by atoms with Crippen molar-refractivity contribution < 1.29 is 9.21 Å². The largest absolute Gasteiger partial charge is 0.450 e. The van der Waals surface area contributed by atoms with E-state index in [0.717, 1.165) is 27.3 Å². The molecule has 0 spiro atoms. The Hall–Kier alpha value is -2.04. The summed E-state index contributed by atoms with van der Waals surface area (Å²) in [6.07, 6.45) is 0. The summed E-state index contributed by atoms with van der Waals surface area (Å²) >= 11 is 0. The zero-order valence-corrected chi connectivity index (χ0v) is 14.3. The number of fused-ring (bicyclic) bond motifs is 3. The van der Waals surface area contributed by atoms with Gasteiger partial charge in [-0.25, -0.2) is 0 Å². The third-order valence-electron chi connectivity index (χ3n) is 4.00. The van der Waals surface area contributed by atoms with Crippen LogP contribution >= 0.6 is 12.4 Å². The molecule has 0 aliphatic rings. The number of aryl methyl sites for hydroxylation is 1. The van der Waals surface area contributed by atoms with Crippen LogP contribution in [0.1, 0.15) is 30.0 Å². The lowest BCUT2D eigenvalue weighted by atomic mass is 10.0. The quantitative estimate of drug-likeness (QED) is 0.766. The first-order chi connectivity index (χ1) is 10.4. The van der Waals surface area contributed by atoms with Crippen LogP contribution in [-0.4, -0.2) is 18.0 Å². The molecule has 0 atom stereocenters. The van der Waals surface area contributed by atoms with E-state index in [2.05, 4.69) is 5.32 Å². The van der Waals surface area contributed by atoms with Gasteiger partial charge in [-0.05, 0) is 26.2 Å². The molecule has 0 aliphatic heterocycles. The fraction of sp³-hybridized carbons (Fsp3) is 0.278. The lowest BCUT2D eigenvalue weighted by Gasteiger charge is -2.23. The summed E-state index contributed by atoms with van der Waals surface area (Å²) in [7, 11) is 0. The Labute approximate surface area is 141 Å². The number of carbonyl (C=O) groups is 1. The molecule has 0 bridgehead atoms. The van der Waals surface area contributed by atoms with Crippen LogP contribution in [0.2, 0.25) is 0 Å². The molecule has 122 valence electrons. The first-order valence-corrected chi connectivity index (χ1v) is 7.36. The van der Waals surface area contributed by atoms with Crippen molar-refractivity contribution in [2.24, 2.45) is 5.73 Å². The zero-order chi connectivity index (χ0) is 15.9. The molecule has 0 fully saturated rings. The van der Waals surface area contributed by atoms with Gasteiger partial charge in [0.2, 0.25) is 0 Å². The highest BCUT2D eigenvalue weighted by atomic mass is 35.5.